The summed E-state index contributed by atoms with van der Waals surface area (Å²) in [5, 5.41) is 2.71. The molecule has 1 heterocycles. The summed E-state index contributed by atoms with van der Waals surface area (Å²) in [7, 11) is 0. The van der Waals surface area contributed by atoms with Crippen molar-refractivity contribution in [2.75, 3.05) is 6.54 Å². The third-order valence-electron chi connectivity index (χ3n) is 2.10. The number of nitrogens with one attached hydrogen (secondary N) is 1. The van der Waals surface area contributed by atoms with Gasteiger partial charge >= 0.3 is 0 Å². The third-order valence-corrected chi connectivity index (χ3v) is 2.39. The monoisotopic (exact) mass is 199 g/mol. The largest absolute Gasteiger partial charge is 0.352 e. The Kier molecular flexibility index (Phi) is 1.96. The van der Waals surface area contributed by atoms with Crippen LogP contribution in [-0.4, -0.2) is 12.5 Å². The van der Waals surface area contributed by atoms with Crippen molar-refractivity contribution in [3.63, 3.8) is 0 Å². The summed E-state index contributed by atoms with van der Waals surface area (Å²) in [6.07, 6.45) is 0.507. The summed E-state index contributed by atoms with van der Waals surface area (Å²) in [6.45, 7) is 0.475. The van der Waals surface area contributed by atoms with Crippen molar-refractivity contribution in [2.45, 2.75) is 6.42 Å². The molecule has 68 valence electrons. The minimum atomic E-state index is -0.464. The van der Waals surface area contributed by atoms with Gasteiger partial charge in [0.1, 0.15) is 5.82 Å². The fraction of sp³-hybridized carbons (Fsp3) is 0.222. The molecule has 1 aromatic rings. The van der Waals surface area contributed by atoms with E-state index in [9.17, 15) is 9.18 Å². The molecule has 2 nitrogen and oxygen atoms in total. The second kappa shape index (κ2) is 3.00. The molecule has 1 amide bonds. The van der Waals surface area contributed by atoms with E-state index in [2.05, 4.69) is 5.32 Å². The summed E-state index contributed by atoms with van der Waals surface area (Å²) in [6, 6.07) is 2.95. The van der Waals surface area contributed by atoms with Crippen LogP contribution >= 0.6 is 11.6 Å². The van der Waals surface area contributed by atoms with Gasteiger partial charge in [0, 0.05) is 17.7 Å². The molecule has 2 rings (SSSR count). The number of carbonyl (C=O) groups is 1. The van der Waals surface area contributed by atoms with Crippen LogP contribution in [0.2, 0.25) is 5.02 Å². The van der Waals surface area contributed by atoms with E-state index in [1.807, 2.05) is 0 Å². The van der Waals surface area contributed by atoms with Crippen molar-refractivity contribution in [1.29, 1.82) is 0 Å². The number of rotatable bonds is 0. The molecule has 0 bridgehead atoms. The molecule has 4 heteroatoms. The van der Waals surface area contributed by atoms with Crippen LogP contribution in [0.25, 0.3) is 0 Å². The lowest BCUT2D eigenvalue weighted by Crippen LogP contribution is -2.32. The molecule has 0 aromatic heterocycles. The van der Waals surface area contributed by atoms with Crippen LogP contribution < -0.4 is 5.32 Å². The van der Waals surface area contributed by atoms with E-state index >= 15 is 0 Å². The van der Waals surface area contributed by atoms with Gasteiger partial charge in [-0.05, 0) is 18.6 Å². The maximum absolute atomic E-state index is 13.3. The van der Waals surface area contributed by atoms with Gasteiger partial charge in [-0.2, -0.15) is 0 Å². The van der Waals surface area contributed by atoms with Crippen LogP contribution in [0, 0.1) is 5.82 Å². The first-order valence-corrected chi connectivity index (χ1v) is 4.33. The van der Waals surface area contributed by atoms with Gasteiger partial charge in [-0.25, -0.2) is 4.39 Å². The molecule has 1 aliphatic heterocycles. The number of hydrogen-bond donors (Lipinski definition) is 1. The highest BCUT2D eigenvalue weighted by atomic mass is 35.5. The Morgan fingerprint density at radius 2 is 2.23 bits per heavy atom. The molecule has 1 aromatic carbocycles. The normalized spacial score (nSPS) is 15.1. The van der Waals surface area contributed by atoms with Crippen LogP contribution in [0.1, 0.15) is 15.9 Å². The SMILES string of the molecule is O=C1NCCc2c1ccc(Cl)c2F. The van der Waals surface area contributed by atoms with Gasteiger partial charge < -0.3 is 5.32 Å². The maximum Gasteiger partial charge on any atom is 0.251 e. The first-order chi connectivity index (χ1) is 6.20. The molecule has 1 aliphatic rings. The number of hydrogen-bond acceptors (Lipinski definition) is 1. The zero-order valence-corrected chi connectivity index (χ0v) is 7.49. The first kappa shape index (κ1) is 8.51. The highest BCUT2D eigenvalue weighted by Gasteiger charge is 2.20. The smallest absolute Gasteiger partial charge is 0.251 e. The summed E-state index contributed by atoms with van der Waals surface area (Å²) >= 11 is 5.59. The van der Waals surface area contributed by atoms with Crippen LogP contribution in [0.15, 0.2) is 12.1 Å². The molecule has 0 fully saturated rings. The minimum absolute atomic E-state index is 0.0773. The Labute approximate surface area is 79.7 Å². The second-order valence-corrected chi connectivity index (χ2v) is 3.30. The molecule has 13 heavy (non-hydrogen) atoms. The lowest BCUT2D eigenvalue weighted by Gasteiger charge is -2.16. The quantitative estimate of drug-likeness (QED) is 0.678. The number of benzene rings is 1. The average molecular weight is 200 g/mol. The van der Waals surface area contributed by atoms with Crippen molar-refractivity contribution in [1.82, 2.24) is 5.32 Å². The average Bonchev–Trinajstić information content (AvgIpc) is 2.12. The van der Waals surface area contributed by atoms with E-state index in [0.29, 0.717) is 24.1 Å². The van der Waals surface area contributed by atoms with Crippen LogP contribution in [0.4, 0.5) is 4.39 Å². The Morgan fingerprint density at radius 3 is 3.00 bits per heavy atom. The van der Waals surface area contributed by atoms with E-state index in [4.69, 9.17) is 11.6 Å². The zero-order valence-electron chi connectivity index (χ0n) is 6.73. The summed E-state index contributed by atoms with van der Waals surface area (Å²) in [5.74, 6) is -0.689. The van der Waals surface area contributed by atoms with Crippen molar-refractivity contribution in [3.05, 3.63) is 34.1 Å². The van der Waals surface area contributed by atoms with Crippen molar-refractivity contribution in [3.8, 4) is 0 Å². The number of halogens is 2. The standard InChI is InChI=1S/C9H7ClFNO/c10-7-2-1-6-5(8(7)11)3-4-12-9(6)13/h1-2H,3-4H2,(H,12,13). The van der Waals surface area contributed by atoms with Crippen LogP contribution in [-0.2, 0) is 6.42 Å². The van der Waals surface area contributed by atoms with Gasteiger partial charge in [-0.3, -0.25) is 4.79 Å². The zero-order chi connectivity index (χ0) is 9.42. The van der Waals surface area contributed by atoms with Gasteiger partial charge in [0.25, 0.3) is 5.91 Å². The Hall–Kier alpha value is -1.09. The van der Waals surface area contributed by atoms with E-state index in [-0.39, 0.29) is 10.9 Å². The minimum Gasteiger partial charge on any atom is -0.352 e. The summed E-state index contributed by atoms with van der Waals surface area (Å²) in [5.41, 5.74) is 0.824. The van der Waals surface area contributed by atoms with Crippen molar-refractivity contribution in [2.24, 2.45) is 0 Å². The lowest BCUT2D eigenvalue weighted by molar-refractivity contribution is 0.0945. The molecule has 0 unspecified atom stereocenters. The number of carbonyl (C=O) groups excluding carboxylic acids is 1. The van der Waals surface area contributed by atoms with Gasteiger partial charge in [-0.15, -0.1) is 0 Å². The van der Waals surface area contributed by atoms with Crippen LogP contribution in [0.3, 0.4) is 0 Å². The predicted octanol–water partition coefficient (Wildman–Crippen LogP) is 1.76. The van der Waals surface area contributed by atoms with Gasteiger partial charge in [-0.1, -0.05) is 11.6 Å². The Balaban J connectivity index is 2.63. The summed E-state index contributed by atoms with van der Waals surface area (Å²) < 4.78 is 13.3. The van der Waals surface area contributed by atoms with E-state index < -0.39 is 5.82 Å². The highest BCUT2D eigenvalue weighted by Crippen LogP contribution is 2.23. The molecule has 0 aliphatic carbocycles. The molecule has 0 atom stereocenters. The molecule has 0 saturated heterocycles. The first-order valence-electron chi connectivity index (χ1n) is 3.95. The van der Waals surface area contributed by atoms with Crippen molar-refractivity contribution < 1.29 is 9.18 Å². The maximum atomic E-state index is 13.3. The van der Waals surface area contributed by atoms with Crippen LogP contribution in [0.5, 0.6) is 0 Å². The third kappa shape index (κ3) is 1.29. The Morgan fingerprint density at radius 1 is 1.46 bits per heavy atom. The highest BCUT2D eigenvalue weighted by molar-refractivity contribution is 6.31. The Bertz CT molecular complexity index is 378. The van der Waals surface area contributed by atoms with Gasteiger partial charge in [0.2, 0.25) is 0 Å². The number of amides is 1. The van der Waals surface area contributed by atoms with Crippen molar-refractivity contribution >= 4 is 17.5 Å². The topological polar surface area (TPSA) is 29.1 Å². The second-order valence-electron chi connectivity index (χ2n) is 2.89. The molecule has 0 saturated carbocycles. The van der Waals surface area contributed by atoms with E-state index in [0.717, 1.165) is 0 Å². The molecule has 0 spiro atoms. The van der Waals surface area contributed by atoms with Gasteiger partial charge in [0.05, 0.1) is 5.02 Å². The van der Waals surface area contributed by atoms with Gasteiger partial charge in [0.15, 0.2) is 0 Å². The van der Waals surface area contributed by atoms with E-state index in [1.165, 1.54) is 6.07 Å². The lowest BCUT2D eigenvalue weighted by atomic mass is 10.00. The molecule has 1 N–H and O–H groups in total. The molecule has 0 radical (unpaired) electrons. The molecular formula is C9H7ClFNO. The predicted molar refractivity (Wildman–Crippen MR) is 47.4 cm³/mol. The fourth-order valence-corrected chi connectivity index (χ4v) is 1.62. The molecular weight excluding hydrogens is 193 g/mol. The number of fused-ring (bicyclic) bond motifs is 1. The summed E-state index contributed by atoms with van der Waals surface area (Å²) in [4.78, 5) is 11.2. The van der Waals surface area contributed by atoms with E-state index in [1.54, 1.807) is 6.07 Å². The fourth-order valence-electron chi connectivity index (χ4n) is 1.45.